The maximum absolute atomic E-state index is 13.6. The number of carbonyl (C=O) groups excluding carboxylic acids is 1. The molecule has 0 aliphatic carbocycles. The summed E-state index contributed by atoms with van der Waals surface area (Å²) in [6.07, 6.45) is 1.91. The summed E-state index contributed by atoms with van der Waals surface area (Å²) >= 11 is 1.10. The average molecular weight is 598 g/mol. The normalized spacial score (nSPS) is 19.2. The number of nitrogens with zero attached hydrogens (tertiary/aromatic N) is 4. The van der Waals surface area contributed by atoms with Gasteiger partial charge in [0.05, 0.1) is 36.8 Å². The van der Waals surface area contributed by atoms with E-state index in [1.165, 1.54) is 57.6 Å². The number of likely N-dealkylation sites (N-methyl/N-ethyl adjacent to an activating group) is 1. The SMILES string of the molecule is C[C@@H]1CN([C@@H](C)CO)C(=O)c2cccc(NS(=O)(=O)c3cn(C)cn3)c2O[C@H]1CN(C)S(=O)(=O)c1cccs1. The maximum Gasteiger partial charge on any atom is 0.281 e. The first-order valence-corrected chi connectivity index (χ1v) is 15.9. The molecule has 0 saturated heterocycles. The number of carbonyl (C=O) groups is 1. The number of aryl methyl sites for hydroxylation is 1. The number of hydrogen-bond acceptors (Lipinski definition) is 9. The van der Waals surface area contributed by atoms with E-state index in [0.717, 1.165) is 11.3 Å². The van der Waals surface area contributed by atoms with Gasteiger partial charge in [-0.2, -0.15) is 12.7 Å². The molecule has 0 saturated carbocycles. The lowest BCUT2D eigenvalue weighted by atomic mass is 9.99. The average Bonchev–Trinajstić information content (AvgIpc) is 3.59. The lowest BCUT2D eigenvalue weighted by Gasteiger charge is -2.38. The summed E-state index contributed by atoms with van der Waals surface area (Å²) in [5, 5.41) is 11.3. The van der Waals surface area contributed by atoms with E-state index in [0.29, 0.717) is 0 Å². The molecule has 0 radical (unpaired) electrons. The number of ether oxygens (including phenoxy) is 1. The van der Waals surface area contributed by atoms with Gasteiger partial charge in [-0.05, 0) is 30.5 Å². The highest BCUT2D eigenvalue weighted by molar-refractivity contribution is 7.92. The number of para-hydroxylation sites is 1. The minimum atomic E-state index is -4.14. The molecule has 1 aliphatic rings. The number of hydrogen-bond donors (Lipinski definition) is 2. The molecule has 2 N–H and O–H groups in total. The Balaban J connectivity index is 1.76. The molecule has 12 nitrogen and oxygen atoms in total. The second-order valence-corrected chi connectivity index (χ2v) is 14.4. The highest BCUT2D eigenvalue weighted by Crippen LogP contribution is 2.36. The van der Waals surface area contributed by atoms with E-state index in [4.69, 9.17) is 4.74 Å². The van der Waals surface area contributed by atoms with Gasteiger partial charge >= 0.3 is 0 Å². The van der Waals surface area contributed by atoms with Crippen molar-refractivity contribution in [3.8, 4) is 5.75 Å². The Morgan fingerprint density at radius 3 is 2.62 bits per heavy atom. The summed E-state index contributed by atoms with van der Waals surface area (Å²) < 4.78 is 64.1. The van der Waals surface area contributed by atoms with Crippen LogP contribution in [0.25, 0.3) is 0 Å². The molecular formula is C24H31N5O7S3. The Kier molecular flexibility index (Phi) is 8.37. The molecule has 15 heteroatoms. The van der Waals surface area contributed by atoms with E-state index in [1.807, 2.05) is 6.92 Å². The zero-order chi connectivity index (χ0) is 28.5. The Morgan fingerprint density at radius 1 is 1.26 bits per heavy atom. The van der Waals surface area contributed by atoms with E-state index in [9.17, 15) is 26.7 Å². The van der Waals surface area contributed by atoms with Crippen molar-refractivity contribution >= 4 is 43.0 Å². The quantitative estimate of drug-likeness (QED) is 0.379. The molecule has 1 aromatic carbocycles. The van der Waals surface area contributed by atoms with Crippen LogP contribution in [0.4, 0.5) is 5.69 Å². The topological polar surface area (TPSA) is 151 Å². The zero-order valence-corrected chi connectivity index (χ0v) is 24.3. The van der Waals surface area contributed by atoms with Crippen molar-refractivity contribution in [1.29, 1.82) is 0 Å². The Bertz CT molecular complexity index is 1540. The minimum absolute atomic E-state index is 0.00553. The third-order valence-corrected chi connectivity index (χ3v) is 10.9. The zero-order valence-electron chi connectivity index (χ0n) is 21.9. The Labute approximate surface area is 231 Å². The van der Waals surface area contributed by atoms with Gasteiger partial charge in [-0.1, -0.05) is 19.1 Å². The number of aromatic nitrogens is 2. The molecule has 3 atom stereocenters. The van der Waals surface area contributed by atoms with Crippen molar-refractivity contribution in [2.24, 2.45) is 13.0 Å². The van der Waals surface area contributed by atoms with Crippen molar-refractivity contribution in [3.63, 3.8) is 0 Å². The Hall–Kier alpha value is -2.98. The molecule has 1 aliphatic heterocycles. The standard InChI is InChI=1S/C24H31N5O7S3/c1-16-11-29(17(2)14-30)24(31)18-7-5-8-19(26-38(32,33)21-13-27(3)15-25-21)23(18)36-20(16)12-28(4)39(34,35)22-9-6-10-37-22/h5-10,13,15-17,20,26,30H,11-12,14H2,1-4H3/t16-,17+,20+/m1/s1. The molecule has 3 aromatic rings. The number of fused-ring (bicyclic) bond motifs is 1. The van der Waals surface area contributed by atoms with Gasteiger partial charge in [0.1, 0.15) is 10.3 Å². The fourth-order valence-corrected chi connectivity index (χ4v) is 7.61. The molecule has 0 bridgehead atoms. The lowest BCUT2D eigenvalue weighted by molar-refractivity contribution is 0.0389. The molecule has 3 heterocycles. The van der Waals surface area contributed by atoms with Crippen LogP contribution in [0.2, 0.25) is 0 Å². The Morgan fingerprint density at radius 2 is 2.00 bits per heavy atom. The van der Waals surface area contributed by atoms with Gasteiger partial charge < -0.3 is 19.3 Å². The molecule has 0 fully saturated rings. The fraction of sp³-hybridized carbons (Fsp3) is 0.417. The van der Waals surface area contributed by atoms with Crippen molar-refractivity contribution < 1.29 is 31.5 Å². The third-order valence-electron chi connectivity index (χ3n) is 6.49. The minimum Gasteiger partial charge on any atom is -0.486 e. The smallest absolute Gasteiger partial charge is 0.281 e. The van der Waals surface area contributed by atoms with Crippen LogP contribution < -0.4 is 9.46 Å². The number of rotatable bonds is 9. The van der Waals surface area contributed by atoms with Crippen LogP contribution in [0.1, 0.15) is 24.2 Å². The van der Waals surface area contributed by atoms with E-state index in [2.05, 4.69) is 9.71 Å². The molecular weight excluding hydrogens is 566 g/mol. The van der Waals surface area contributed by atoms with Crippen LogP contribution >= 0.6 is 11.3 Å². The summed E-state index contributed by atoms with van der Waals surface area (Å²) in [6.45, 7) is 3.33. The number of aliphatic hydroxyl groups excluding tert-OH is 1. The predicted octanol–water partition coefficient (Wildman–Crippen LogP) is 1.82. The lowest BCUT2D eigenvalue weighted by Crippen LogP contribution is -2.50. The van der Waals surface area contributed by atoms with Crippen LogP contribution in [-0.2, 0) is 27.1 Å². The highest BCUT2D eigenvalue weighted by Gasteiger charge is 2.36. The molecule has 39 heavy (non-hydrogen) atoms. The molecule has 2 aromatic heterocycles. The third kappa shape index (κ3) is 5.96. The largest absolute Gasteiger partial charge is 0.486 e. The number of imidazole rings is 1. The number of amides is 1. The number of benzene rings is 1. The van der Waals surface area contributed by atoms with Crippen molar-refractivity contribution in [1.82, 2.24) is 18.8 Å². The summed E-state index contributed by atoms with van der Waals surface area (Å²) in [5.74, 6) is -0.872. The maximum atomic E-state index is 13.6. The number of sulfonamides is 2. The number of anilines is 1. The van der Waals surface area contributed by atoms with Gasteiger partial charge in [0.25, 0.3) is 26.0 Å². The van der Waals surface area contributed by atoms with Crippen molar-refractivity contribution in [3.05, 3.63) is 53.8 Å². The first-order chi connectivity index (χ1) is 18.3. The first-order valence-electron chi connectivity index (χ1n) is 12.1. The van der Waals surface area contributed by atoms with E-state index >= 15 is 0 Å². The van der Waals surface area contributed by atoms with Gasteiger partial charge in [-0.15, -0.1) is 11.3 Å². The van der Waals surface area contributed by atoms with Gasteiger partial charge in [0, 0.05) is 32.8 Å². The number of thiophene rings is 1. The number of nitrogens with one attached hydrogen (secondary N) is 1. The monoisotopic (exact) mass is 597 g/mol. The molecule has 0 unspecified atom stereocenters. The second kappa shape index (κ2) is 11.3. The van der Waals surface area contributed by atoms with Gasteiger partial charge in [-0.25, -0.2) is 13.4 Å². The summed E-state index contributed by atoms with van der Waals surface area (Å²) in [5.41, 5.74) is 0.0863. The van der Waals surface area contributed by atoms with Gasteiger partial charge in [0.2, 0.25) is 0 Å². The summed E-state index contributed by atoms with van der Waals surface area (Å²) in [4.78, 5) is 19.0. The fourth-order valence-electron chi connectivity index (χ4n) is 4.18. The van der Waals surface area contributed by atoms with E-state index in [-0.39, 0.29) is 45.9 Å². The van der Waals surface area contributed by atoms with Crippen molar-refractivity contribution in [2.45, 2.75) is 35.2 Å². The molecule has 0 spiro atoms. The molecule has 4 rings (SSSR count). The van der Waals surface area contributed by atoms with Crippen LogP contribution in [0.5, 0.6) is 5.75 Å². The number of aliphatic hydroxyl groups is 1. The highest BCUT2D eigenvalue weighted by atomic mass is 32.2. The van der Waals surface area contributed by atoms with Crippen LogP contribution in [0.3, 0.4) is 0 Å². The first kappa shape index (κ1) is 29.0. The second-order valence-electron chi connectivity index (χ2n) is 9.51. The van der Waals surface area contributed by atoms with E-state index < -0.39 is 44.0 Å². The van der Waals surface area contributed by atoms with E-state index in [1.54, 1.807) is 25.4 Å². The van der Waals surface area contributed by atoms with Gasteiger partial charge in [0.15, 0.2) is 10.8 Å². The van der Waals surface area contributed by atoms with Gasteiger partial charge in [-0.3, -0.25) is 9.52 Å². The van der Waals surface area contributed by atoms with Crippen molar-refractivity contribution in [2.75, 3.05) is 31.5 Å². The van der Waals surface area contributed by atoms with Crippen LogP contribution in [0, 0.1) is 5.92 Å². The summed E-state index contributed by atoms with van der Waals surface area (Å²) in [6, 6.07) is 7.10. The summed E-state index contributed by atoms with van der Waals surface area (Å²) in [7, 11) is -4.86. The van der Waals surface area contributed by atoms with Crippen LogP contribution in [-0.4, -0.2) is 85.5 Å². The molecule has 212 valence electrons. The van der Waals surface area contributed by atoms with Crippen LogP contribution in [0.15, 0.2) is 57.5 Å². The predicted molar refractivity (Wildman–Crippen MR) is 146 cm³/mol. The molecule has 1 amide bonds.